The summed E-state index contributed by atoms with van der Waals surface area (Å²) < 4.78 is 1.97. The second kappa shape index (κ2) is 10.8. The van der Waals surface area contributed by atoms with Gasteiger partial charge in [-0.05, 0) is 30.5 Å². The van der Waals surface area contributed by atoms with Crippen molar-refractivity contribution in [2.75, 3.05) is 13.6 Å². The van der Waals surface area contributed by atoms with E-state index in [-0.39, 0.29) is 24.0 Å². The summed E-state index contributed by atoms with van der Waals surface area (Å²) in [4.78, 5) is 4.31. The minimum atomic E-state index is 0. The van der Waals surface area contributed by atoms with Crippen LogP contribution in [0.15, 0.2) is 65.9 Å². The highest BCUT2D eigenvalue weighted by molar-refractivity contribution is 14.0. The third kappa shape index (κ3) is 5.79. The summed E-state index contributed by atoms with van der Waals surface area (Å²) in [6.45, 7) is 5.64. The molecule has 0 spiro atoms. The normalized spacial score (nSPS) is 12.2. The Balaban J connectivity index is 0.00000280. The van der Waals surface area contributed by atoms with E-state index in [0.29, 0.717) is 12.5 Å². The van der Waals surface area contributed by atoms with E-state index in [0.717, 1.165) is 24.0 Å². The molecule has 0 aliphatic carbocycles. The molecule has 1 unspecified atom stereocenters. The molecule has 0 aliphatic rings. The minimum absolute atomic E-state index is 0. The van der Waals surface area contributed by atoms with Crippen LogP contribution in [0.1, 0.15) is 29.8 Å². The zero-order valence-electron chi connectivity index (χ0n) is 16.5. The van der Waals surface area contributed by atoms with Gasteiger partial charge in [-0.1, -0.05) is 55.0 Å². The van der Waals surface area contributed by atoms with Gasteiger partial charge in [-0.3, -0.25) is 9.56 Å². The molecule has 7 heteroatoms. The molecule has 3 aromatic rings. The Labute approximate surface area is 183 Å². The van der Waals surface area contributed by atoms with Gasteiger partial charge in [0.25, 0.3) is 0 Å². The van der Waals surface area contributed by atoms with E-state index in [1.54, 1.807) is 13.4 Å². The highest BCUT2D eigenvalue weighted by Crippen LogP contribution is 2.14. The molecule has 0 saturated heterocycles. The van der Waals surface area contributed by atoms with Crippen molar-refractivity contribution < 1.29 is 0 Å². The van der Waals surface area contributed by atoms with Gasteiger partial charge in [0.2, 0.25) is 0 Å². The molecule has 3 rings (SSSR count). The van der Waals surface area contributed by atoms with E-state index < -0.39 is 0 Å². The van der Waals surface area contributed by atoms with Crippen LogP contribution < -0.4 is 10.6 Å². The maximum Gasteiger partial charge on any atom is 0.191 e. The number of hydrogen-bond acceptors (Lipinski definition) is 3. The Kier molecular flexibility index (Phi) is 8.43. The molecule has 28 heavy (non-hydrogen) atoms. The predicted octanol–water partition coefficient (Wildman–Crippen LogP) is 3.66. The first-order valence-corrected chi connectivity index (χ1v) is 9.13. The molecule has 1 aromatic heterocycles. The van der Waals surface area contributed by atoms with E-state index in [2.05, 4.69) is 63.9 Å². The molecule has 0 saturated carbocycles. The van der Waals surface area contributed by atoms with Gasteiger partial charge >= 0.3 is 0 Å². The van der Waals surface area contributed by atoms with Crippen LogP contribution in [0.3, 0.4) is 0 Å². The number of nitrogens with zero attached hydrogens (tertiary/aromatic N) is 4. The summed E-state index contributed by atoms with van der Waals surface area (Å²) in [6.07, 6.45) is 1.72. The first-order valence-electron chi connectivity index (χ1n) is 9.13. The lowest BCUT2D eigenvalue weighted by Gasteiger charge is -2.16. The largest absolute Gasteiger partial charge is 0.356 e. The third-order valence-corrected chi connectivity index (χ3v) is 4.51. The van der Waals surface area contributed by atoms with Crippen LogP contribution in [0.4, 0.5) is 0 Å². The van der Waals surface area contributed by atoms with Crippen molar-refractivity contribution >= 4 is 29.9 Å². The molecule has 0 fully saturated rings. The van der Waals surface area contributed by atoms with E-state index in [1.165, 1.54) is 11.1 Å². The first-order chi connectivity index (χ1) is 13.2. The second-order valence-electron chi connectivity index (χ2n) is 6.57. The van der Waals surface area contributed by atoms with Crippen LogP contribution in [0.25, 0.3) is 5.69 Å². The summed E-state index contributed by atoms with van der Waals surface area (Å²) in [5.41, 5.74) is 3.63. The molecular formula is C21H27IN6. The van der Waals surface area contributed by atoms with Gasteiger partial charge in [0.1, 0.15) is 6.33 Å². The molecule has 0 amide bonds. The fourth-order valence-electron chi connectivity index (χ4n) is 2.83. The van der Waals surface area contributed by atoms with E-state index >= 15 is 0 Å². The highest BCUT2D eigenvalue weighted by atomic mass is 127. The lowest BCUT2D eigenvalue weighted by atomic mass is 10.0. The summed E-state index contributed by atoms with van der Waals surface area (Å²) in [6, 6.07) is 18.7. The first kappa shape index (κ1) is 21.9. The van der Waals surface area contributed by atoms with Crippen LogP contribution in [-0.4, -0.2) is 34.3 Å². The van der Waals surface area contributed by atoms with Crippen LogP contribution in [0.5, 0.6) is 0 Å². The zero-order chi connectivity index (χ0) is 19.1. The van der Waals surface area contributed by atoms with Crippen molar-refractivity contribution in [3.05, 3.63) is 77.9 Å². The molecule has 0 bridgehead atoms. The quantitative estimate of drug-likeness (QED) is 0.315. The van der Waals surface area contributed by atoms with E-state index in [4.69, 9.17) is 0 Å². The summed E-state index contributed by atoms with van der Waals surface area (Å²) in [5, 5.41) is 15.0. The summed E-state index contributed by atoms with van der Waals surface area (Å²) >= 11 is 0. The highest BCUT2D eigenvalue weighted by Gasteiger charge is 2.09. The molecule has 6 nitrogen and oxygen atoms in total. The average molecular weight is 490 g/mol. The Morgan fingerprint density at radius 2 is 1.79 bits per heavy atom. The number of para-hydroxylation sites is 1. The van der Waals surface area contributed by atoms with Crippen molar-refractivity contribution in [3.63, 3.8) is 0 Å². The maximum atomic E-state index is 4.31. The number of aliphatic imine (C=N–C) groups is 1. The van der Waals surface area contributed by atoms with Gasteiger partial charge in [-0.2, -0.15) is 0 Å². The maximum absolute atomic E-state index is 4.31. The van der Waals surface area contributed by atoms with E-state index in [9.17, 15) is 0 Å². The van der Waals surface area contributed by atoms with Gasteiger partial charge in [-0.25, -0.2) is 0 Å². The molecule has 2 aromatic carbocycles. The molecule has 0 radical (unpaired) electrons. The second-order valence-corrected chi connectivity index (χ2v) is 6.57. The van der Waals surface area contributed by atoms with E-state index in [1.807, 2.05) is 34.9 Å². The zero-order valence-corrected chi connectivity index (χ0v) is 18.8. The van der Waals surface area contributed by atoms with Crippen LogP contribution in [0, 0.1) is 6.92 Å². The topological polar surface area (TPSA) is 67.1 Å². The predicted molar refractivity (Wildman–Crippen MR) is 125 cm³/mol. The molecule has 1 atom stereocenters. The average Bonchev–Trinajstić information content (AvgIpc) is 3.18. The number of aromatic nitrogens is 3. The summed E-state index contributed by atoms with van der Waals surface area (Å²) in [7, 11) is 1.77. The van der Waals surface area contributed by atoms with Crippen LogP contribution in [-0.2, 0) is 6.54 Å². The Hall–Kier alpha value is -2.42. The van der Waals surface area contributed by atoms with Gasteiger partial charge in [0.15, 0.2) is 11.8 Å². The molecule has 148 valence electrons. The Morgan fingerprint density at radius 1 is 1.07 bits per heavy atom. The lowest BCUT2D eigenvalue weighted by Crippen LogP contribution is -2.39. The Bertz CT molecular complexity index is 873. The number of rotatable bonds is 6. The van der Waals surface area contributed by atoms with Gasteiger partial charge < -0.3 is 10.6 Å². The minimum Gasteiger partial charge on any atom is -0.356 e. The molecule has 1 heterocycles. The molecule has 2 N–H and O–H groups in total. The van der Waals surface area contributed by atoms with Crippen LogP contribution >= 0.6 is 24.0 Å². The number of halogens is 1. The monoisotopic (exact) mass is 490 g/mol. The van der Waals surface area contributed by atoms with Gasteiger partial charge in [-0.15, -0.1) is 34.2 Å². The smallest absolute Gasteiger partial charge is 0.191 e. The number of hydrogen-bond donors (Lipinski definition) is 2. The fraction of sp³-hybridized carbons (Fsp3) is 0.286. The number of aryl methyl sites for hydroxylation is 1. The van der Waals surface area contributed by atoms with Crippen molar-refractivity contribution in [1.29, 1.82) is 0 Å². The standard InChI is InChI=1S/C21H26N6.HI/c1-16-9-11-18(12-10-16)17(2)13-23-21(22-3)24-14-20-26-25-15-27(20)19-7-5-4-6-8-19;/h4-12,15,17H,13-14H2,1-3H3,(H2,22,23,24);1H. The van der Waals surface area contributed by atoms with Crippen molar-refractivity contribution in [2.24, 2.45) is 4.99 Å². The number of nitrogens with one attached hydrogen (secondary N) is 2. The molecular weight excluding hydrogens is 463 g/mol. The van der Waals surface area contributed by atoms with Gasteiger partial charge in [0.05, 0.1) is 6.54 Å². The summed E-state index contributed by atoms with van der Waals surface area (Å²) in [5.74, 6) is 1.96. The molecule has 0 aliphatic heterocycles. The fourth-order valence-corrected chi connectivity index (χ4v) is 2.83. The van der Waals surface area contributed by atoms with Crippen molar-refractivity contribution in [1.82, 2.24) is 25.4 Å². The number of guanidine groups is 1. The third-order valence-electron chi connectivity index (χ3n) is 4.51. The van der Waals surface area contributed by atoms with Crippen molar-refractivity contribution in [2.45, 2.75) is 26.3 Å². The Morgan fingerprint density at radius 3 is 2.46 bits per heavy atom. The van der Waals surface area contributed by atoms with Crippen molar-refractivity contribution in [3.8, 4) is 5.69 Å². The van der Waals surface area contributed by atoms with Gasteiger partial charge in [0, 0.05) is 19.3 Å². The lowest BCUT2D eigenvalue weighted by molar-refractivity contribution is 0.690. The number of benzene rings is 2. The van der Waals surface area contributed by atoms with Crippen LogP contribution in [0.2, 0.25) is 0 Å². The SMILES string of the molecule is CN=C(NCc1nncn1-c1ccccc1)NCC(C)c1ccc(C)cc1.I.